The summed E-state index contributed by atoms with van der Waals surface area (Å²) in [5, 5.41) is 4.20. The number of fused-ring (bicyclic) bond motifs is 1. The summed E-state index contributed by atoms with van der Waals surface area (Å²) in [6, 6.07) is 6.45. The molecule has 1 aliphatic heterocycles. The first kappa shape index (κ1) is 17.5. The highest BCUT2D eigenvalue weighted by Crippen LogP contribution is 2.45. The van der Waals surface area contributed by atoms with E-state index in [1.807, 2.05) is 5.92 Å². The number of hydrogen-bond donors (Lipinski definition) is 0. The quantitative estimate of drug-likeness (QED) is 0.751. The molecule has 0 saturated carbocycles. The standard InChI is InChI=1S/C17H6F3NO4S/c1-2-12-13(25-11-6-9(8-21)5-10(18)7-11)3-4-14-15(12)16(22)17(19,20)26(14,23)24/h1,3-7H. The first-order valence-electron chi connectivity index (χ1n) is 6.83. The highest BCUT2D eigenvalue weighted by Gasteiger charge is 2.61. The summed E-state index contributed by atoms with van der Waals surface area (Å²) in [6.07, 6.45) is 5.25. The molecule has 0 bridgehead atoms. The number of benzene rings is 2. The fourth-order valence-electron chi connectivity index (χ4n) is 2.46. The Morgan fingerprint density at radius 1 is 1.19 bits per heavy atom. The third-order valence-corrected chi connectivity index (χ3v) is 5.40. The summed E-state index contributed by atoms with van der Waals surface area (Å²) < 4.78 is 70.0. The highest BCUT2D eigenvalue weighted by atomic mass is 32.2. The molecule has 0 N–H and O–H groups in total. The van der Waals surface area contributed by atoms with E-state index in [0.29, 0.717) is 0 Å². The number of ketones is 1. The molecule has 130 valence electrons. The normalized spacial score (nSPS) is 16.4. The average molecular weight is 377 g/mol. The second kappa shape index (κ2) is 5.61. The fraction of sp³-hybridized carbons (Fsp3) is 0.0588. The first-order valence-corrected chi connectivity index (χ1v) is 8.31. The number of terminal acetylenes is 1. The molecule has 0 atom stereocenters. The van der Waals surface area contributed by atoms with Crippen LogP contribution in [0.2, 0.25) is 0 Å². The van der Waals surface area contributed by atoms with E-state index in [9.17, 15) is 26.4 Å². The van der Waals surface area contributed by atoms with Gasteiger partial charge in [0.2, 0.25) is 0 Å². The number of Topliss-reactive ketones (excluding diaryl/α,β-unsaturated/α-hetero) is 1. The van der Waals surface area contributed by atoms with Crippen molar-refractivity contribution in [2.45, 2.75) is 10.2 Å². The Hall–Kier alpha value is -3.30. The average Bonchev–Trinajstić information content (AvgIpc) is 2.72. The van der Waals surface area contributed by atoms with Gasteiger partial charge in [0.15, 0.2) is 0 Å². The molecule has 0 spiro atoms. The topological polar surface area (TPSA) is 84.2 Å². The van der Waals surface area contributed by atoms with Gasteiger partial charge in [-0.25, -0.2) is 12.8 Å². The van der Waals surface area contributed by atoms with E-state index >= 15 is 0 Å². The Morgan fingerprint density at radius 2 is 1.88 bits per heavy atom. The van der Waals surface area contributed by atoms with Crippen LogP contribution in [0.1, 0.15) is 21.5 Å². The molecule has 0 unspecified atom stereocenters. The number of nitriles is 1. The van der Waals surface area contributed by atoms with Crippen molar-refractivity contribution in [1.82, 2.24) is 0 Å². The van der Waals surface area contributed by atoms with Gasteiger partial charge >= 0.3 is 5.25 Å². The zero-order valence-electron chi connectivity index (χ0n) is 12.6. The fourth-order valence-corrected chi connectivity index (χ4v) is 3.79. The zero-order chi connectivity index (χ0) is 19.3. The molecule has 0 aromatic heterocycles. The van der Waals surface area contributed by atoms with Crippen LogP contribution in [-0.2, 0) is 9.84 Å². The Bertz CT molecular complexity index is 1160. The van der Waals surface area contributed by atoms with Gasteiger partial charge < -0.3 is 4.74 Å². The number of sulfone groups is 1. The van der Waals surface area contributed by atoms with Gasteiger partial charge in [-0.15, -0.1) is 6.42 Å². The minimum absolute atomic E-state index is 0.0754. The lowest BCUT2D eigenvalue weighted by Crippen LogP contribution is -2.30. The minimum atomic E-state index is -5.21. The Balaban J connectivity index is 2.19. The van der Waals surface area contributed by atoms with Crippen molar-refractivity contribution >= 4 is 15.6 Å². The van der Waals surface area contributed by atoms with Gasteiger partial charge in [-0.2, -0.15) is 14.0 Å². The Morgan fingerprint density at radius 3 is 2.50 bits per heavy atom. The molecule has 3 rings (SSSR count). The maximum atomic E-state index is 13.8. The zero-order valence-corrected chi connectivity index (χ0v) is 13.4. The maximum absolute atomic E-state index is 13.8. The third kappa shape index (κ3) is 2.33. The van der Waals surface area contributed by atoms with Crippen molar-refractivity contribution in [3.05, 3.63) is 52.8 Å². The molecule has 0 saturated heterocycles. The van der Waals surface area contributed by atoms with Crippen molar-refractivity contribution in [2.24, 2.45) is 0 Å². The number of hydrogen-bond acceptors (Lipinski definition) is 5. The van der Waals surface area contributed by atoms with Crippen molar-refractivity contribution in [3.8, 4) is 29.9 Å². The lowest BCUT2D eigenvalue weighted by molar-refractivity contribution is 0.0548. The second-order valence-corrected chi connectivity index (χ2v) is 7.15. The van der Waals surface area contributed by atoms with Crippen LogP contribution in [0.5, 0.6) is 11.5 Å². The van der Waals surface area contributed by atoms with Crippen LogP contribution in [0.25, 0.3) is 0 Å². The van der Waals surface area contributed by atoms with Crippen LogP contribution in [-0.4, -0.2) is 19.5 Å². The maximum Gasteiger partial charge on any atom is 0.411 e. The SMILES string of the molecule is C#Cc1c(Oc2cc(F)cc(C#N)c2)ccc2c1C(=O)C(F)(F)S2(=O)=O. The summed E-state index contributed by atoms with van der Waals surface area (Å²) in [7, 11) is -5.21. The van der Waals surface area contributed by atoms with Crippen molar-refractivity contribution in [1.29, 1.82) is 5.26 Å². The van der Waals surface area contributed by atoms with Gasteiger partial charge in [-0.05, 0) is 24.3 Å². The number of carbonyl (C=O) groups excluding carboxylic acids is 1. The van der Waals surface area contributed by atoms with Gasteiger partial charge in [0.05, 0.1) is 27.7 Å². The molecule has 0 radical (unpaired) electrons. The lowest BCUT2D eigenvalue weighted by atomic mass is 10.0. The second-order valence-electron chi connectivity index (χ2n) is 5.19. The van der Waals surface area contributed by atoms with Crippen LogP contribution < -0.4 is 4.74 Å². The molecule has 1 heterocycles. The van der Waals surface area contributed by atoms with E-state index in [2.05, 4.69) is 0 Å². The first-order chi connectivity index (χ1) is 12.1. The van der Waals surface area contributed by atoms with Gasteiger partial charge in [-0.1, -0.05) is 5.92 Å². The monoisotopic (exact) mass is 377 g/mol. The molecule has 0 amide bonds. The van der Waals surface area contributed by atoms with Crippen molar-refractivity contribution in [3.63, 3.8) is 0 Å². The lowest BCUT2D eigenvalue weighted by Gasteiger charge is -2.10. The van der Waals surface area contributed by atoms with Gasteiger partial charge in [0.1, 0.15) is 17.3 Å². The van der Waals surface area contributed by atoms with E-state index in [1.165, 1.54) is 0 Å². The molecule has 0 fully saturated rings. The number of halogens is 3. The summed E-state index contributed by atoms with van der Waals surface area (Å²) >= 11 is 0. The third-order valence-electron chi connectivity index (χ3n) is 3.62. The number of ether oxygens (including phenoxy) is 1. The summed E-state index contributed by atoms with van der Waals surface area (Å²) in [5.41, 5.74) is -1.43. The molecule has 1 aliphatic rings. The molecule has 9 heteroatoms. The molecule has 0 aliphatic carbocycles. The summed E-state index contributed by atoms with van der Waals surface area (Å²) in [5.74, 6) is -1.28. The largest absolute Gasteiger partial charge is 0.456 e. The van der Waals surface area contributed by atoms with Crippen LogP contribution >= 0.6 is 0 Å². The van der Waals surface area contributed by atoms with E-state index in [1.54, 1.807) is 6.07 Å². The smallest absolute Gasteiger partial charge is 0.411 e. The van der Waals surface area contributed by atoms with Crippen LogP contribution in [0.3, 0.4) is 0 Å². The number of nitrogens with zero attached hydrogens (tertiary/aromatic N) is 1. The predicted octanol–water partition coefficient (Wildman–Crippen LogP) is 3.03. The summed E-state index contributed by atoms with van der Waals surface area (Å²) in [6.45, 7) is 0. The molecule has 2 aromatic carbocycles. The number of rotatable bonds is 2. The summed E-state index contributed by atoms with van der Waals surface area (Å²) in [4.78, 5) is 11.0. The van der Waals surface area contributed by atoms with Gasteiger partial charge in [0, 0.05) is 6.07 Å². The van der Waals surface area contributed by atoms with Crippen molar-refractivity contribution < 1.29 is 31.1 Å². The van der Waals surface area contributed by atoms with Gasteiger partial charge in [-0.3, -0.25) is 4.79 Å². The molecular weight excluding hydrogens is 371 g/mol. The van der Waals surface area contributed by atoms with Crippen LogP contribution in [0, 0.1) is 29.5 Å². The van der Waals surface area contributed by atoms with E-state index in [0.717, 1.165) is 30.3 Å². The number of alkyl halides is 2. The number of carbonyl (C=O) groups is 1. The Kier molecular flexibility index (Phi) is 3.78. The predicted molar refractivity (Wildman–Crippen MR) is 82.0 cm³/mol. The molecule has 5 nitrogen and oxygen atoms in total. The van der Waals surface area contributed by atoms with Gasteiger partial charge in [0.25, 0.3) is 15.6 Å². The molecule has 26 heavy (non-hydrogen) atoms. The molecular formula is C17H6F3NO4S. The minimum Gasteiger partial charge on any atom is -0.456 e. The van der Waals surface area contributed by atoms with Crippen LogP contribution in [0.4, 0.5) is 13.2 Å². The molecule has 2 aromatic rings. The van der Waals surface area contributed by atoms with Crippen LogP contribution in [0.15, 0.2) is 35.2 Å². The van der Waals surface area contributed by atoms with E-state index in [-0.39, 0.29) is 17.1 Å². The highest BCUT2D eigenvalue weighted by molar-refractivity contribution is 7.94. The Labute approximate surface area is 145 Å². The van der Waals surface area contributed by atoms with Crippen molar-refractivity contribution in [2.75, 3.05) is 0 Å². The van der Waals surface area contributed by atoms with E-state index < -0.39 is 42.7 Å². The van der Waals surface area contributed by atoms with E-state index in [4.69, 9.17) is 16.4 Å².